The summed E-state index contributed by atoms with van der Waals surface area (Å²) in [6.45, 7) is 1.83. The van der Waals surface area contributed by atoms with Crippen LogP contribution in [0, 0.1) is 11.6 Å². The molecule has 0 amide bonds. The number of anilines is 1. The van der Waals surface area contributed by atoms with Gasteiger partial charge in [0.05, 0.1) is 9.79 Å². The van der Waals surface area contributed by atoms with Gasteiger partial charge in [-0.1, -0.05) is 0 Å². The van der Waals surface area contributed by atoms with E-state index in [-0.39, 0.29) is 15.7 Å². The molecule has 1 saturated heterocycles. The average molecular weight is 378 g/mol. The number of rotatable bonds is 2. The maximum atomic E-state index is 13.5. The van der Waals surface area contributed by atoms with Crippen LogP contribution in [0.3, 0.4) is 0 Å². The molecule has 0 spiro atoms. The zero-order chi connectivity index (χ0) is 18.5. The van der Waals surface area contributed by atoms with Crippen LogP contribution in [0.5, 0.6) is 0 Å². The highest BCUT2D eigenvalue weighted by molar-refractivity contribution is 7.91. The van der Waals surface area contributed by atoms with Gasteiger partial charge in [-0.05, 0) is 61.8 Å². The Morgan fingerprint density at radius 2 is 1.69 bits per heavy atom. The number of nitrogens with one attached hydrogen (secondary N) is 1. The van der Waals surface area contributed by atoms with Crippen molar-refractivity contribution >= 4 is 15.5 Å². The Morgan fingerprint density at radius 1 is 1.00 bits per heavy atom. The van der Waals surface area contributed by atoms with Crippen LogP contribution < -0.4 is 10.2 Å². The van der Waals surface area contributed by atoms with Crippen LogP contribution in [0.25, 0.3) is 0 Å². The third-order valence-electron chi connectivity index (χ3n) is 5.45. The van der Waals surface area contributed by atoms with Gasteiger partial charge in [-0.2, -0.15) is 0 Å². The molecule has 0 aliphatic carbocycles. The van der Waals surface area contributed by atoms with Crippen LogP contribution in [0.15, 0.2) is 46.2 Å². The van der Waals surface area contributed by atoms with Crippen molar-refractivity contribution in [2.24, 2.45) is 0 Å². The van der Waals surface area contributed by atoms with Crippen molar-refractivity contribution in [2.75, 3.05) is 25.0 Å². The van der Waals surface area contributed by atoms with Crippen molar-refractivity contribution < 1.29 is 17.2 Å². The molecule has 138 valence electrons. The van der Waals surface area contributed by atoms with Gasteiger partial charge < -0.3 is 10.2 Å². The number of likely N-dealkylation sites (N-methyl/N-ethyl adjacent to an activating group) is 1. The molecule has 0 radical (unpaired) electrons. The van der Waals surface area contributed by atoms with Gasteiger partial charge in [0, 0.05) is 30.8 Å². The largest absolute Gasteiger partial charge is 0.371 e. The number of hydrogen-bond donors (Lipinski definition) is 1. The summed E-state index contributed by atoms with van der Waals surface area (Å²) in [6, 6.07) is 7.73. The van der Waals surface area contributed by atoms with E-state index >= 15 is 0 Å². The van der Waals surface area contributed by atoms with Crippen molar-refractivity contribution in [1.82, 2.24) is 5.32 Å². The lowest BCUT2D eigenvalue weighted by atomic mass is 9.91. The summed E-state index contributed by atoms with van der Waals surface area (Å²) in [5, 5.41) is 3.38. The first-order chi connectivity index (χ1) is 12.4. The number of nitrogens with zero attached hydrogens (tertiary/aromatic N) is 1. The molecule has 26 heavy (non-hydrogen) atoms. The first-order valence-electron chi connectivity index (χ1n) is 8.66. The molecular formula is C19H20F2N2O2S. The minimum absolute atomic E-state index is 0.0764. The normalized spacial score (nSPS) is 22.7. The Balaban J connectivity index is 1.79. The van der Waals surface area contributed by atoms with Crippen LogP contribution in [-0.2, 0) is 9.84 Å². The molecule has 0 aromatic heterocycles. The van der Waals surface area contributed by atoms with E-state index in [4.69, 9.17) is 0 Å². The number of sulfone groups is 1. The highest BCUT2D eigenvalue weighted by Crippen LogP contribution is 2.45. The maximum absolute atomic E-state index is 13.5. The lowest BCUT2D eigenvalue weighted by molar-refractivity contribution is 0.531. The van der Waals surface area contributed by atoms with Gasteiger partial charge in [-0.15, -0.1) is 0 Å². The molecular weight excluding hydrogens is 358 g/mol. The zero-order valence-corrected chi connectivity index (χ0v) is 15.2. The third kappa shape index (κ3) is 2.79. The van der Waals surface area contributed by atoms with Gasteiger partial charge in [-0.3, -0.25) is 0 Å². The van der Waals surface area contributed by atoms with Crippen molar-refractivity contribution in [3.05, 3.63) is 53.6 Å². The average Bonchev–Trinajstić information content (AvgIpc) is 2.77. The number of fused-ring (bicyclic) bond motifs is 3. The molecule has 1 N–H and O–H groups in total. The summed E-state index contributed by atoms with van der Waals surface area (Å²) >= 11 is 0. The lowest BCUT2D eigenvalue weighted by Gasteiger charge is -2.24. The zero-order valence-electron chi connectivity index (χ0n) is 14.4. The van der Waals surface area contributed by atoms with E-state index < -0.39 is 21.5 Å². The molecule has 2 aromatic rings. The summed E-state index contributed by atoms with van der Waals surface area (Å²) in [6.07, 6.45) is 1.92. The van der Waals surface area contributed by atoms with Gasteiger partial charge in [0.2, 0.25) is 9.84 Å². The van der Waals surface area contributed by atoms with Crippen molar-refractivity contribution in [1.29, 1.82) is 0 Å². The molecule has 2 atom stereocenters. The number of halogens is 2. The molecule has 4 rings (SSSR count). The molecule has 2 aliphatic rings. The third-order valence-corrected chi connectivity index (χ3v) is 7.18. The Bertz CT molecular complexity index is 942. The van der Waals surface area contributed by atoms with E-state index in [0.717, 1.165) is 49.3 Å². The van der Waals surface area contributed by atoms with E-state index in [9.17, 15) is 17.2 Å². The number of benzene rings is 2. The Kier molecular flexibility index (Phi) is 4.23. The van der Waals surface area contributed by atoms with Crippen molar-refractivity contribution in [3.8, 4) is 0 Å². The van der Waals surface area contributed by atoms with Gasteiger partial charge >= 0.3 is 0 Å². The molecule has 4 nitrogen and oxygen atoms in total. The summed E-state index contributed by atoms with van der Waals surface area (Å²) < 4.78 is 52.8. The van der Waals surface area contributed by atoms with E-state index in [2.05, 4.69) is 10.2 Å². The molecule has 0 bridgehead atoms. The van der Waals surface area contributed by atoms with Crippen LogP contribution in [-0.4, -0.2) is 34.6 Å². The second-order valence-corrected chi connectivity index (χ2v) is 8.89. The van der Waals surface area contributed by atoms with Crippen molar-refractivity contribution in [3.63, 3.8) is 0 Å². The minimum Gasteiger partial charge on any atom is -0.371 e. The molecule has 0 saturated carbocycles. The SMILES string of the molecule is CN1c2ccc(S(=O)(=O)c3cc(F)cc(F)c3)cc2[C@@H]2CCNCC[C@H]21. The Morgan fingerprint density at radius 3 is 2.42 bits per heavy atom. The topological polar surface area (TPSA) is 49.4 Å². The summed E-state index contributed by atoms with van der Waals surface area (Å²) in [7, 11) is -1.95. The smallest absolute Gasteiger partial charge is 0.206 e. The minimum atomic E-state index is -3.98. The fourth-order valence-electron chi connectivity index (χ4n) is 4.17. The second kappa shape index (κ2) is 6.32. The first kappa shape index (κ1) is 17.4. The fourth-order valence-corrected chi connectivity index (χ4v) is 5.51. The summed E-state index contributed by atoms with van der Waals surface area (Å²) in [4.78, 5) is 1.93. The number of hydrogen-bond acceptors (Lipinski definition) is 4. The predicted molar refractivity (Wildman–Crippen MR) is 95.3 cm³/mol. The van der Waals surface area contributed by atoms with Crippen LogP contribution >= 0.6 is 0 Å². The van der Waals surface area contributed by atoms with Crippen LogP contribution in [0.2, 0.25) is 0 Å². The quantitative estimate of drug-likeness (QED) is 0.873. The first-order valence-corrected chi connectivity index (χ1v) is 10.1. The van der Waals surface area contributed by atoms with Gasteiger partial charge in [-0.25, -0.2) is 17.2 Å². The van der Waals surface area contributed by atoms with E-state index in [1.807, 2.05) is 7.05 Å². The lowest BCUT2D eigenvalue weighted by Crippen LogP contribution is -2.30. The molecule has 0 unspecified atom stereocenters. The molecule has 2 aromatic carbocycles. The maximum Gasteiger partial charge on any atom is 0.206 e. The standard InChI is InChI=1S/C19H20F2N2O2S/c1-23-18-3-2-14(11-17(18)16-4-6-22-7-5-19(16)23)26(24,25)15-9-12(20)8-13(21)10-15/h2-3,8-11,16,19,22H,4-7H2,1H3/t16-,19+/m0/s1. The summed E-state index contributed by atoms with van der Waals surface area (Å²) in [5.41, 5.74) is 2.03. The van der Waals surface area contributed by atoms with Crippen LogP contribution in [0.4, 0.5) is 14.5 Å². The van der Waals surface area contributed by atoms with E-state index in [0.29, 0.717) is 12.1 Å². The van der Waals surface area contributed by atoms with Crippen LogP contribution in [0.1, 0.15) is 24.3 Å². The second-order valence-electron chi connectivity index (χ2n) is 6.94. The highest BCUT2D eigenvalue weighted by atomic mass is 32.2. The Labute approximate surface area is 151 Å². The molecule has 2 aliphatic heterocycles. The molecule has 1 fully saturated rings. The van der Waals surface area contributed by atoms with E-state index in [1.165, 1.54) is 6.07 Å². The Hall–Kier alpha value is -1.99. The van der Waals surface area contributed by atoms with Crippen molar-refractivity contribution in [2.45, 2.75) is 34.6 Å². The highest BCUT2D eigenvalue weighted by Gasteiger charge is 2.37. The molecule has 2 heterocycles. The van der Waals surface area contributed by atoms with Gasteiger partial charge in [0.25, 0.3) is 0 Å². The summed E-state index contributed by atoms with van der Waals surface area (Å²) in [5.74, 6) is -1.55. The molecule has 7 heteroatoms. The van der Waals surface area contributed by atoms with E-state index in [1.54, 1.807) is 12.1 Å². The van der Waals surface area contributed by atoms with Gasteiger partial charge in [0.15, 0.2) is 0 Å². The fraction of sp³-hybridized carbons (Fsp3) is 0.368. The van der Waals surface area contributed by atoms with Gasteiger partial charge in [0.1, 0.15) is 11.6 Å². The monoisotopic (exact) mass is 378 g/mol. The predicted octanol–water partition coefficient (Wildman–Crippen LogP) is 3.08.